The monoisotopic (exact) mass is 451 g/mol. The summed E-state index contributed by atoms with van der Waals surface area (Å²) in [5, 5.41) is 3.07. The van der Waals surface area contributed by atoms with Gasteiger partial charge in [-0.15, -0.1) is 11.3 Å². The first kappa shape index (κ1) is 20.6. The maximum atomic E-state index is 5.49. The van der Waals surface area contributed by atoms with Gasteiger partial charge in [0.2, 0.25) is 0 Å². The molecule has 0 aliphatic carbocycles. The number of morpholine rings is 1. The Labute approximate surface area is 190 Å². The Bertz CT molecular complexity index is 1210. The van der Waals surface area contributed by atoms with Crippen LogP contribution in [0.2, 0.25) is 0 Å². The van der Waals surface area contributed by atoms with Crippen molar-refractivity contribution in [2.75, 3.05) is 26.3 Å². The van der Waals surface area contributed by atoms with Crippen LogP contribution in [-0.2, 0) is 18.3 Å². The first-order valence-corrected chi connectivity index (χ1v) is 12.0. The molecule has 160 valence electrons. The van der Waals surface area contributed by atoms with E-state index in [1.807, 2.05) is 12.3 Å². The molecule has 0 spiro atoms. The summed E-state index contributed by atoms with van der Waals surface area (Å²) in [5.74, 6) is 0.871. The quantitative estimate of drug-likeness (QED) is 0.410. The van der Waals surface area contributed by atoms with Crippen LogP contribution in [0.3, 0.4) is 0 Å². The van der Waals surface area contributed by atoms with Gasteiger partial charge < -0.3 is 9.30 Å². The van der Waals surface area contributed by atoms with Gasteiger partial charge in [-0.2, -0.15) is 0 Å². The van der Waals surface area contributed by atoms with Crippen molar-refractivity contribution in [1.29, 1.82) is 0 Å². The maximum absolute atomic E-state index is 5.49. The van der Waals surface area contributed by atoms with Gasteiger partial charge in [0.15, 0.2) is 5.16 Å². The third kappa shape index (κ3) is 4.13. The Balaban J connectivity index is 1.52. The minimum atomic E-state index is 0.749. The Morgan fingerprint density at radius 1 is 1.10 bits per heavy atom. The molecule has 0 N–H and O–H groups in total. The molecule has 1 aliphatic heterocycles. The van der Waals surface area contributed by atoms with Crippen LogP contribution in [0.25, 0.3) is 21.5 Å². The molecular formula is C23H25N5OS2. The van der Waals surface area contributed by atoms with Gasteiger partial charge in [-0.05, 0) is 36.7 Å². The summed E-state index contributed by atoms with van der Waals surface area (Å²) < 4.78 is 7.63. The van der Waals surface area contributed by atoms with Gasteiger partial charge >= 0.3 is 0 Å². The van der Waals surface area contributed by atoms with E-state index >= 15 is 0 Å². The molecule has 5 rings (SSSR count). The van der Waals surface area contributed by atoms with Crippen LogP contribution in [0.4, 0.5) is 0 Å². The average molecular weight is 452 g/mol. The molecule has 1 aromatic carbocycles. The maximum Gasteiger partial charge on any atom is 0.174 e. The van der Waals surface area contributed by atoms with Crippen LogP contribution in [-0.4, -0.2) is 50.7 Å². The molecule has 0 amide bonds. The zero-order chi connectivity index (χ0) is 21.4. The fourth-order valence-corrected chi connectivity index (χ4v) is 5.94. The molecular weight excluding hydrogens is 426 g/mol. The summed E-state index contributed by atoms with van der Waals surface area (Å²) in [6.07, 6.45) is 1.94. The zero-order valence-corrected chi connectivity index (χ0v) is 19.6. The van der Waals surface area contributed by atoms with Crippen molar-refractivity contribution in [3.63, 3.8) is 0 Å². The number of rotatable bonds is 5. The number of hydrogen-bond acceptors (Lipinski definition) is 7. The molecule has 31 heavy (non-hydrogen) atoms. The number of ether oxygens (including phenoxy) is 1. The van der Waals surface area contributed by atoms with Crippen LogP contribution >= 0.6 is 23.1 Å². The molecule has 4 aromatic rings. The molecule has 0 bridgehead atoms. The van der Waals surface area contributed by atoms with Crippen LogP contribution in [0, 0.1) is 13.8 Å². The van der Waals surface area contributed by atoms with Crippen molar-refractivity contribution in [1.82, 2.24) is 24.4 Å². The highest BCUT2D eigenvalue weighted by molar-refractivity contribution is 7.99. The van der Waals surface area contributed by atoms with Crippen molar-refractivity contribution in [3.8, 4) is 11.3 Å². The number of imidazole rings is 1. The molecule has 0 atom stereocenters. The van der Waals surface area contributed by atoms with E-state index in [1.54, 1.807) is 23.1 Å². The molecule has 8 heteroatoms. The molecule has 1 saturated heterocycles. The molecule has 6 nitrogen and oxygen atoms in total. The third-order valence-electron chi connectivity index (χ3n) is 5.71. The molecule has 0 unspecified atom stereocenters. The Morgan fingerprint density at radius 2 is 1.87 bits per heavy atom. The second-order valence-corrected chi connectivity index (χ2v) is 9.91. The van der Waals surface area contributed by atoms with Crippen molar-refractivity contribution in [2.24, 2.45) is 7.05 Å². The number of benzene rings is 1. The van der Waals surface area contributed by atoms with Gasteiger partial charge in [0.05, 0.1) is 31.6 Å². The standard InChI is InChI=1S/C23H25N5OS2/c1-15-16(2)30-21-20(15)22(26-19(25-21)14-28-9-11-29-12-10-28)31-23-24-13-18(27(23)3)17-7-5-4-6-8-17/h4-8,13H,9-12,14H2,1-3H3. The first-order valence-electron chi connectivity index (χ1n) is 10.4. The van der Waals surface area contributed by atoms with Crippen molar-refractivity contribution in [3.05, 3.63) is 52.8 Å². The summed E-state index contributed by atoms with van der Waals surface area (Å²) in [7, 11) is 2.07. The lowest BCUT2D eigenvalue weighted by molar-refractivity contribution is 0.0330. The largest absolute Gasteiger partial charge is 0.379 e. The highest BCUT2D eigenvalue weighted by Crippen LogP contribution is 2.38. The van der Waals surface area contributed by atoms with Gasteiger partial charge in [0, 0.05) is 30.4 Å². The van der Waals surface area contributed by atoms with E-state index in [0.717, 1.165) is 70.3 Å². The SMILES string of the molecule is Cc1sc2nc(CN3CCOCC3)nc(Sc3ncc(-c4ccccc4)n3C)c2c1C. The fraction of sp³-hybridized carbons (Fsp3) is 0.348. The number of aromatic nitrogens is 4. The summed E-state index contributed by atoms with van der Waals surface area (Å²) >= 11 is 3.38. The average Bonchev–Trinajstić information content (AvgIpc) is 3.28. The highest BCUT2D eigenvalue weighted by atomic mass is 32.2. The van der Waals surface area contributed by atoms with Gasteiger partial charge in [0.1, 0.15) is 15.7 Å². The molecule has 0 radical (unpaired) electrons. The lowest BCUT2D eigenvalue weighted by Crippen LogP contribution is -2.36. The Hall–Kier alpha value is -2.26. The van der Waals surface area contributed by atoms with Crippen molar-refractivity contribution < 1.29 is 4.74 Å². The summed E-state index contributed by atoms with van der Waals surface area (Å²) in [5.41, 5.74) is 3.52. The Kier molecular flexibility index (Phi) is 5.79. The summed E-state index contributed by atoms with van der Waals surface area (Å²) in [4.78, 5) is 19.4. The van der Waals surface area contributed by atoms with E-state index in [4.69, 9.17) is 19.7 Å². The van der Waals surface area contributed by atoms with Crippen LogP contribution in [0.1, 0.15) is 16.3 Å². The van der Waals surface area contributed by atoms with Crippen LogP contribution in [0.15, 0.2) is 46.7 Å². The number of aryl methyl sites for hydroxylation is 2. The first-order chi connectivity index (χ1) is 15.1. The summed E-state index contributed by atoms with van der Waals surface area (Å²) in [6, 6.07) is 10.4. The van der Waals surface area contributed by atoms with Crippen LogP contribution < -0.4 is 0 Å². The smallest absolute Gasteiger partial charge is 0.174 e. The van der Waals surface area contributed by atoms with Gasteiger partial charge in [0.25, 0.3) is 0 Å². The van der Waals surface area contributed by atoms with Crippen LogP contribution in [0.5, 0.6) is 0 Å². The molecule has 1 aliphatic rings. The van der Waals surface area contributed by atoms with E-state index in [2.05, 4.69) is 54.6 Å². The lowest BCUT2D eigenvalue weighted by atomic mass is 10.2. The predicted octanol–water partition coefficient (Wildman–Crippen LogP) is 4.69. The van der Waals surface area contributed by atoms with Gasteiger partial charge in [-0.25, -0.2) is 15.0 Å². The minimum Gasteiger partial charge on any atom is -0.379 e. The fourth-order valence-electron chi connectivity index (χ4n) is 3.81. The topological polar surface area (TPSA) is 56.1 Å². The van der Waals surface area contributed by atoms with E-state index in [-0.39, 0.29) is 0 Å². The number of thiophene rings is 1. The number of fused-ring (bicyclic) bond motifs is 1. The highest BCUT2D eigenvalue weighted by Gasteiger charge is 2.20. The Morgan fingerprint density at radius 3 is 2.65 bits per heavy atom. The van der Waals surface area contributed by atoms with Gasteiger partial charge in [-0.1, -0.05) is 30.3 Å². The molecule has 0 saturated carbocycles. The second kappa shape index (κ2) is 8.70. The molecule has 4 heterocycles. The van der Waals surface area contributed by atoms with Gasteiger partial charge in [-0.3, -0.25) is 4.90 Å². The minimum absolute atomic E-state index is 0.749. The predicted molar refractivity (Wildman–Crippen MR) is 126 cm³/mol. The molecule has 1 fully saturated rings. The third-order valence-corrected chi connectivity index (χ3v) is 7.87. The van der Waals surface area contributed by atoms with E-state index < -0.39 is 0 Å². The van der Waals surface area contributed by atoms with E-state index in [0.29, 0.717) is 0 Å². The number of hydrogen-bond donors (Lipinski definition) is 0. The number of nitrogens with zero attached hydrogens (tertiary/aromatic N) is 5. The molecule has 3 aromatic heterocycles. The van der Waals surface area contributed by atoms with Crippen molar-refractivity contribution in [2.45, 2.75) is 30.6 Å². The normalized spacial score (nSPS) is 15.1. The van der Waals surface area contributed by atoms with E-state index in [9.17, 15) is 0 Å². The summed E-state index contributed by atoms with van der Waals surface area (Å²) in [6.45, 7) is 8.47. The zero-order valence-electron chi connectivity index (χ0n) is 18.0. The van der Waals surface area contributed by atoms with Crippen molar-refractivity contribution >= 4 is 33.3 Å². The second-order valence-electron chi connectivity index (χ2n) is 7.75. The van der Waals surface area contributed by atoms with E-state index in [1.165, 1.54) is 10.4 Å². The lowest BCUT2D eigenvalue weighted by Gasteiger charge is -2.25.